The molecule has 3 rings (SSSR count). The molecule has 0 radical (unpaired) electrons. The van der Waals surface area contributed by atoms with Crippen LogP contribution in [0, 0.1) is 6.92 Å². The summed E-state index contributed by atoms with van der Waals surface area (Å²) in [5.74, 6) is 2.03. The summed E-state index contributed by atoms with van der Waals surface area (Å²) in [4.78, 5) is 34.5. The van der Waals surface area contributed by atoms with E-state index in [2.05, 4.69) is 29.7 Å². The van der Waals surface area contributed by atoms with Crippen molar-refractivity contribution in [1.29, 1.82) is 0 Å². The van der Waals surface area contributed by atoms with Gasteiger partial charge in [-0.1, -0.05) is 0 Å². The maximum absolute atomic E-state index is 12.2. The molecule has 1 N–H and O–H groups in total. The monoisotopic (exact) mass is 357 g/mol. The lowest BCUT2D eigenvalue weighted by molar-refractivity contribution is -0.130. The molecular weight excluding hydrogens is 330 g/mol. The number of hydrogen-bond acceptors (Lipinski definition) is 6. The van der Waals surface area contributed by atoms with Crippen molar-refractivity contribution >= 4 is 11.7 Å². The molecule has 8 heteroatoms. The summed E-state index contributed by atoms with van der Waals surface area (Å²) >= 11 is 0. The molecule has 1 aliphatic heterocycles. The molecule has 0 saturated carbocycles. The van der Waals surface area contributed by atoms with Gasteiger partial charge in [-0.3, -0.25) is 9.69 Å². The fraction of sp³-hybridized carbons (Fsp3) is 0.556. The number of H-pyrrole nitrogens is 1. The molecule has 0 unspecified atom stereocenters. The molecule has 1 aliphatic rings. The average molecular weight is 357 g/mol. The number of rotatable bonds is 7. The number of imidazole rings is 1. The molecule has 2 aromatic heterocycles. The molecule has 3 heterocycles. The van der Waals surface area contributed by atoms with Gasteiger partial charge in [0.25, 0.3) is 0 Å². The number of hydrogen-bond donors (Lipinski definition) is 1. The predicted molar refractivity (Wildman–Crippen MR) is 100.0 cm³/mol. The van der Waals surface area contributed by atoms with Gasteiger partial charge in [-0.2, -0.15) is 0 Å². The van der Waals surface area contributed by atoms with Crippen LogP contribution in [0.4, 0.5) is 5.82 Å². The summed E-state index contributed by atoms with van der Waals surface area (Å²) in [7, 11) is 1.88. The van der Waals surface area contributed by atoms with Crippen molar-refractivity contribution in [2.24, 2.45) is 0 Å². The second-order valence-corrected chi connectivity index (χ2v) is 6.70. The predicted octanol–water partition coefficient (Wildman–Crippen LogP) is 0.721. The Hall–Kier alpha value is -2.48. The lowest BCUT2D eigenvalue weighted by Crippen LogP contribution is -2.49. The topological polar surface area (TPSA) is 81.2 Å². The van der Waals surface area contributed by atoms with Crippen LogP contribution in [0.3, 0.4) is 0 Å². The third kappa shape index (κ3) is 5.01. The van der Waals surface area contributed by atoms with E-state index in [1.54, 1.807) is 18.7 Å². The van der Waals surface area contributed by atoms with E-state index < -0.39 is 0 Å². The van der Waals surface area contributed by atoms with Gasteiger partial charge in [-0.05, 0) is 6.92 Å². The van der Waals surface area contributed by atoms with E-state index in [1.165, 1.54) is 0 Å². The van der Waals surface area contributed by atoms with E-state index in [1.807, 2.05) is 24.9 Å². The third-order valence-corrected chi connectivity index (χ3v) is 4.79. The van der Waals surface area contributed by atoms with E-state index in [4.69, 9.17) is 0 Å². The van der Waals surface area contributed by atoms with Crippen LogP contribution in [0.5, 0.6) is 0 Å². The van der Waals surface area contributed by atoms with Crippen molar-refractivity contribution < 1.29 is 4.79 Å². The van der Waals surface area contributed by atoms with Gasteiger partial charge < -0.3 is 14.8 Å². The van der Waals surface area contributed by atoms with E-state index in [-0.39, 0.29) is 5.91 Å². The number of amides is 1. The number of likely N-dealkylation sites (N-methyl/N-ethyl adjacent to an activating group) is 1. The molecule has 26 heavy (non-hydrogen) atoms. The van der Waals surface area contributed by atoms with Crippen LogP contribution in [0.25, 0.3) is 0 Å². The molecule has 140 valence electrons. The van der Waals surface area contributed by atoms with Gasteiger partial charge in [0.15, 0.2) is 0 Å². The number of piperazine rings is 1. The average Bonchev–Trinajstić information content (AvgIpc) is 3.18. The largest absolute Gasteiger partial charge is 0.354 e. The summed E-state index contributed by atoms with van der Waals surface area (Å²) in [5, 5.41) is 0. The van der Waals surface area contributed by atoms with Crippen LogP contribution in [0.1, 0.15) is 17.9 Å². The van der Waals surface area contributed by atoms with Gasteiger partial charge in [0, 0.05) is 83.3 Å². The summed E-state index contributed by atoms with van der Waals surface area (Å²) in [6, 6.07) is 2.03. The molecule has 1 saturated heterocycles. The normalized spacial score (nSPS) is 15.2. The Morgan fingerprint density at radius 3 is 2.73 bits per heavy atom. The first kappa shape index (κ1) is 18.3. The van der Waals surface area contributed by atoms with Crippen LogP contribution in [-0.4, -0.2) is 82.0 Å². The van der Waals surface area contributed by atoms with E-state index in [9.17, 15) is 4.79 Å². The number of nitrogens with one attached hydrogen (secondary N) is 1. The van der Waals surface area contributed by atoms with Crippen molar-refractivity contribution in [3.8, 4) is 0 Å². The number of aromatic nitrogens is 4. The second kappa shape index (κ2) is 8.75. The molecule has 2 aromatic rings. The van der Waals surface area contributed by atoms with E-state index >= 15 is 0 Å². The molecule has 0 bridgehead atoms. The molecular formula is C18H27N7O. The summed E-state index contributed by atoms with van der Waals surface area (Å²) in [5.41, 5.74) is 0.993. The zero-order valence-corrected chi connectivity index (χ0v) is 15.6. The Balaban J connectivity index is 1.37. The molecule has 1 fully saturated rings. The van der Waals surface area contributed by atoms with Crippen LogP contribution >= 0.6 is 0 Å². The van der Waals surface area contributed by atoms with Gasteiger partial charge in [0.05, 0.1) is 0 Å². The second-order valence-electron chi connectivity index (χ2n) is 6.70. The first-order valence-electron chi connectivity index (χ1n) is 9.10. The zero-order chi connectivity index (χ0) is 18.4. The molecule has 0 aliphatic carbocycles. The minimum Gasteiger partial charge on any atom is -0.354 e. The minimum atomic E-state index is 0.163. The number of carbonyl (C=O) groups excluding carboxylic acids is 1. The molecule has 0 aromatic carbocycles. The molecule has 8 nitrogen and oxygen atoms in total. The van der Waals surface area contributed by atoms with Crippen LogP contribution in [0.2, 0.25) is 0 Å². The number of nitrogens with zero attached hydrogens (tertiary/aromatic N) is 6. The first-order valence-corrected chi connectivity index (χ1v) is 9.10. The Kier molecular flexibility index (Phi) is 6.17. The van der Waals surface area contributed by atoms with E-state index in [0.717, 1.165) is 56.6 Å². The minimum absolute atomic E-state index is 0.163. The smallest absolute Gasteiger partial charge is 0.222 e. The highest BCUT2D eigenvalue weighted by atomic mass is 16.2. The number of anilines is 1. The maximum atomic E-state index is 12.2. The molecule has 1 amide bonds. The lowest BCUT2D eigenvalue weighted by atomic mass is 10.2. The summed E-state index contributed by atoms with van der Waals surface area (Å²) < 4.78 is 0. The van der Waals surface area contributed by atoms with Crippen molar-refractivity contribution in [2.75, 3.05) is 51.2 Å². The molecule has 0 atom stereocenters. The van der Waals surface area contributed by atoms with Gasteiger partial charge in [0.1, 0.15) is 18.0 Å². The number of aromatic amines is 1. The van der Waals surface area contributed by atoms with Gasteiger partial charge in [-0.15, -0.1) is 0 Å². The van der Waals surface area contributed by atoms with Crippen molar-refractivity contribution in [3.63, 3.8) is 0 Å². The maximum Gasteiger partial charge on any atom is 0.222 e. The fourth-order valence-corrected chi connectivity index (χ4v) is 3.08. The van der Waals surface area contributed by atoms with Crippen LogP contribution < -0.4 is 4.90 Å². The Morgan fingerprint density at radius 2 is 2.04 bits per heavy atom. The summed E-state index contributed by atoms with van der Waals surface area (Å²) in [6.07, 6.45) is 6.27. The highest BCUT2D eigenvalue weighted by Crippen LogP contribution is 2.13. The van der Waals surface area contributed by atoms with Crippen LogP contribution in [0.15, 0.2) is 24.8 Å². The quantitative estimate of drug-likeness (QED) is 0.786. The fourth-order valence-electron chi connectivity index (χ4n) is 3.08. The zero-order valence-electron chi connectivity index (χ0n) is 15.6. The van der Waals surface area contributed by atoms with Gasteiger partial charge >= 0.3 is 0 Å². The van der Waals surface area contributed by atoms with Crippen molar-refractivity contribution in [2.45, 2.75) is 19.8 Å². The SMILES string of the molecule is Cc1cc(N2CCN(CCN(C)C(=O)CCc3ncc[nH]3)CC2)ncn1. The molecule has 0 spiro atoms. The highest BCUT2D eigenvalue weighted by molar-refractivity contribution is 5.76. The Bertz CT molecular complexity index is 695. The van der Waals surface area contributed by atoms with Crippen LogP contribution in [-0.2, 0) is 11.2 Å². The number of carbonyl (C=O) groups is 1. The number of aryl methyl sites for hydroxylation is 2. The standard InChI is InChI=1S/C18H27N7O/c1-15-13-17(22-14-21-15)25-11-9-24(10-12-25)8-7-23(2)18(26)4-3-16-19-5-6-20-16/h5-6,13-14H,3-4,7-12H2,1-2H3,(H,19,20). The highest BCUT2D eigenvalue weighted by Gasteiger charge is 2.19. The van der Waals surface area contributed by atoms with Crippen molar-refractivity contribution in [1.82, 2.24) is 29.7 Å². The lowest BCUT2D eigenvalue weighted by Gasteiger charge is -2.36. The van der Waals surface area contributed by atoms with Gasteiger partial charge in [-0.25, -0.2) is 15.0 Å². The first-order chi connectivity index (χ1) is 12.6. The Morgan fingerprint density at radius 1 is 1.23 bits per heavy atom. The third-order valence-electron chi connectivity index (χ3n) is 4.79. The van der Waals surface area contributed by atoms with Crippen molar-refractivity contribution in [3.05, 3.63) is 36.3 Å². The summed E-state index contributed by atoms with van der Waals surface area (Å²) in [6.45, 7) is 7.51. The van der Waals surface area contributed by atoms with Gasteiger partial charge in [0.2, 0.25) is 5.91 Å². The van der Waals surface area contributed by atoms with E-state index in [0.29, 0.717) is 12.8 Å². The Labute approximate surface area is 154 Å².